The SMILES string of the molecule is CCC(C)[C@H](c1ccc(C#N)cc1)N1CCNCC1.Cl.Cl. The van der Waals surface area contributed by atoms with E-state index in [1.54, 1.807) is 0 Å². The molecule has 1 aliphatic heterocycles. The highest BCUT2D eigenvalue weighted by atomic mass is 35.5. The van der Waals surface area contributed by atoms with Gasteiger partial charge in [0.2, 0.25) is 0 Å². The van der Waals surface area contributed by atoms with Crippen molar-refractivity contribution in [3.8, 4) is 6.07 Å². The Hall–Kier alpha value is -0.790. The fourth-order valence-corrected chi connectivity index (χ4v) is 2.84. The summed E-state index contributed by atoms with van der Waals surface area (Å²) in [4.78, 5) is 2.58. The third kappa shape index (κ3) is 5.16. The number of benzene rings is 1. The Kier molecular flexibility index (Phi) is 9.65. The molecule has 1 saturated heterocycles. The largest absolute Gasteiger partial charge is 0.314 e. The molecule has 0 amide bonds. The van der Waals surface area contributed by atoms with Gasteiger partial charge in [0.1, 0.15) is 0 Å². The number of nitriles is 1. The topological polar surface area (TPSA) is 39.1 Å². The maximum Gasteiger partial charge on any atom is 0.0991 e. The van der Waals surface area contributed by atoms with Crippen LogP contribution in [0.25, 0.3) is 0 Å². The van der Waals surface area contributed by atoms with Gasteiger partial charge in [0.25, 0.3) is 0 Å². The van der Waals surface area contributed by atoms with E-state index >= 15 is 0 Å². The van der Waals surface area contributed by atoms with Gasteiger partial charge in [-0.3, -0.25) is 4.90 Å². The first-order chi connectivity index (χ1) is 9.26. The fraction of sp³-hybridized carbons (Fsp3) is 0.562. The van der Waals surface area contributed by atoms with Crippen LogP contribution in [0.15, 0.2) is 24.3 Å². The number of piperazine rings is 1. The van der Waals surface area contributed by atoms with Gasteiger partial charge in [-0.05, 0) is 23.6 Å². The normalized spacial score (nSPS) is 17.8. The molecule has 5 heteroatoms. The molecule has 1 heterocycles. The zero-order valence-electron chi connectivity index (χ0n) is 12.7. The van der Waals surface area contributed by atoms with E-state index in [9.17, 15) is 0 Å². The fourth-order valence-electron chi connectivity index (χ4n) is 2.84. The van der Waals surface area contributed by atoms with Crippen LogP contribution in [0.1, 0.15) is 37.4 Å². The summed E-state index contributed by atoms with van der Waals surface area (Å²) >= 11 is 0. The molecule has 0 bridgehead atoms. The average molecular weight is 330 g/mol. The zero-order valence-corrected chi connectivity index (χ0v) is 14.3. The second-order valence-electron chi connectivity index (χ2n) is 5.35. The second kappa shape index (κ2) is 10.0. The number of hydrogen-bond acceptors (Lipinski definition) is 3. The van der Waals surface area contributed by atoms with Gasteiger partial charge in [0, 0.05) is 32.2 Å². The molecule has 1 aromatic carbocycles. The van der Waals surface area contributed by atoms with E-state index in [0.29, 0.717) is 12.0 Å². The molecule has 1 aromatic rings. The average Bonchev–Trinajstić information content (AvgIpc) is 2.49. The lowest BCUT2D eigenvalue weighted by Gasteiger charge is -2.38. The summed E-state index contributed by atoms with van der Waals surface area (Å²) in [5.41, 5.74) is 2.09. The van der Waals surface area contributed by atoms with Gasteiger partial charge in [-0.1, -0.05) is 32.4 Å². The van der Waals surface area contributed by atoms with E-state index in [1.807, 2.05) is 12.1 Å². The molecule has 1 fully saturated rings. The van der Waals surface area contributed by atoms with Crippen LogP contribution in [-0.2, 0) is 0 Å². The lowest BCUT2D eigenvalue weighted by Crippen LogP contribution is -2.46. The van der Waals surface area contributed by atoms with E-state index in [1.165, 1.54) is 12.0 Å². The van der Waals surface area contributed by atoms with E-state index in [-0.39, 0.29) is 24.8 Å². The Morgan fingerprint density at radius 2 is 1.76 bits per heavy atom. The first kappa shape index (κ1) is 20.2. The van der Waals surface area contributed by atoms with E-state index in [4.69, 9.17) is 5.26 Å². The Labute approximate surface area is 140 Å². The van der Waals surface area contributed by atoms with E-state index < -0.39 is 0 Å². The van der Waals surface area contributed by atoms with Gasteiger partial charge < -0.3 is 5.32 Å². The van der Waals surface area contributed by atoms with Crippen molar-refractivity contribution in [3.05, 3.63) is 35.4 Å². The van der Waals surface area contributed by atoms with Crippen LogP contribution in [-0.4, -0.2) is 31.1 Å². The van der Waals surface area contributed by atoms with Gasteiger partial charge in [-0.2, -0.15) is 5.26 Å². The third-order valence-corrected chi connectivity index (χ3v) is 4.11. The van der Waals surface area contributed by atoms with Crippen molar-refractivity contribution in [2.75, 3.05) is 26.2 Å². The highest BCUT2D eigenvalue weighted by molar-refractivity contribution is 5.85. The molecule has 0 aliphatic carbocycles. The minimum absolute atomic E-state index is 0. The van der Waals surface area contributed by atoms with Crippen LogP contribution in [0.3, 0.4) is 0 Å². The first-order valence-electron chi connectivity index (χ1n) is 7.21. The van der Waals surface area contributed by atoms with Crippen LogP contribution < -0.4 is 5.32 Å². The van der Waals surface area contributed by atoms with Crippen molar-refractivity contribution >= 4 is 24.8 Å². The molecule has 2 atom stereocenters. The maximum atomic E-state index is 8.90. The summed E-state index contributed by atoms with van der Waals surface area (Å²) in [7, 11) is 0. The number of rotatable bonds is 4. The Morgan fingerprint density at radius 3 is 2.24 bits per heavy atom. The number of nitrogens with zero attached hydrogens (tertiary/aromatic N) is 2. The molecule has 1 N–H and O–H groups in total. The van der Waals surface area contributed by atoms with Crippen molar-refractivity contribution in [1.29, 1.82) is 5.26 Å². The predicted octanol–water partition coefficient (Wildman–Crippen LogP) is 3.39. The molecule has 3 nitrogen and oxygen atoms in total. The summed E-state index contributed by atoms with van der Waals surface area (Å²) in [5, 5.41) is 12.3. The number of halogens is 2. The summed E-state index contributed by atoms with van der Waals surface area (Å²) in [6.45, 7) is 8.94. The monoisotopic (exact) mass is 329 g/mol. The Balaban J connectivity index is 0.00000200. The molecule has 21 heavy (non-hydrogen) atoms. The number of nitrogens with one attached hydrogen (secondary N) is 1. The highest BCUT2D eigenvalue weighted by Gasteiger charge is 2.26. The maximum absolute atomic E-state index is 8.90. The molecule has 0 spiro atoms. The standard InChI is InChI=1S/C16H23N3.2ClH/c1-3-13(2)16(19-10-8-18-9-11-19)15-6-4-14(12-17)5-7-15;;/h4-7,13,16,18H,3,8-11H2,1-2H3;2*1H/t13?,16-;;/m1../s1. The van der Waals surface area contributed by atoms with E-state index in [2.05, 4.69) is 42.3 Å². The van der Waals surface area contributed by atoms with E-state index in [0.717, 1.165) is 31.7 Å². The zero-order chi connectivity index (χ0) is 13.7. The molecule has 2 rings (SSSR count). The molecular weight excluding hydrogens is 305 g/mol. The van der Waals surface area contributed by atoms with Crippen LogP contribution >= 0.6 is 24.8 Å². The molecule has 0 radical (unpaired) electrons. The van der Waals surface area contributed by atoms with Crippen molar-refractivity contribution in [3.63, 3.8) is 0 Å². The van der Waals surface area contributed by atoms with Gasteiger partial charge in [-0.25, -0.2) is 0 Å². The number of hydrogen-bond donors (Lipinski definition) is 1. The van der Waals surface area contributed by atoms with Gasteiger partial charge >= 0.3 is 0 Å². The molecular formula is C16H25Cl2N3. The minimum Gasteiger partial charge on any atom is -0.314 e. The first-order valence-corrected chi connectivity index (χ1v) is 7.21. The summed E-state index contributed by atoms with van der Waals surface area (Å²) in [5.74, 6) is 0.631. The summed E-state index contributed by atoms with van der Waals surface area (Å²) < 4.78 is 0. The van der Waals surface area contributed by atoms with Crippen molar-refractivity contribution in [1.82, 2.24) is 10.2 Å². The van der Waals surface area contributed by atoms with Crippen LogP contribution in [0, 0.1) is 17.2 Å². The lowest BCUT2D eigenvalue weighted by molar-refractivity contribution is 0.128. The van der Waals surface area contributed by atoms with Crippen LogP contribution in [0.5, 0.6) is 0 Å². The Bertz CT molecular complexity index is 436. The minimum atomic E-state index is 0. The molecule has 1 unspecified atom stereocenters. The summed E-state index contributed by atoms with van der Waals surface area (Å²) in [6, 6.07) is 10.8. The Morgan fingerprint density at radius 1 is 1.19 bits per heavy atom. The third-order valence-electron chi connectivity index (χ3n) is 4.11. The molecule has 118 valence electrons. The van der Waals surface area contributed by atoms with Crippen molar-refractivity contribution in [2.45, 2.75) is 26.3 Å². The quantitative estimate of drug-likeness (QED) is 0.920. The van der Waals surface area contributed by atoms with Crippen LogP contribution in [0.4, 0.5) is 0 Å². The predicted molar refractivity (Wildman–Crippen MR) is 92.3 cm³/mol. The molecule has 0 saturated carbocycles. The second-order valence-corrected chi connectivity index (χ2v) is 5.35. The van der Waals surface area contributed by atoms with Crippen molar-refractivity contribution < 1.29 is 0 Å². The van der Waals surface area contributed by atoms with Gasteiger partial charge in [0.05, 0.1) is 11.6 Å². The van der Waals surface area contributed by atoms with Crippen molar-refractivity contribution in [2.24, 2.45) is 5.92 Å². The summed E-state index contributed by atoms with van der Waals surface area (Å²) in [6.07, 6.45) is 1.18. The molecule has 1 aliphatic rings. The van der Waals surface area contributed by atoms with Crippen LogP contribution in [0.2, 0.25) is 0 Å². The lowest BCUT2D eigenvalue weighted by atomic mass is 9.90. The van der Waals surface area contributed by atoms with Gasteiger partial charge in [-0.15, -0.1) is 24.8 Å². The smallest absolute Gasteiger partial charge is 0.0991 e. The van der Waals surface area contributed by atoms with Gasteiger partial charge in [0.15, 0.2) is 0 Å². The highest BCUT2D eigenvalue weighted by Crippen LogP contribution is 2.31. The molecule has 0 aromatic heterocycles.